The van der Waals surface area contributed by atoms with E-state index >= 15 is 0 Å². The maximum absolute atomic E-state index is 12.8. The van der Waals surface area contributed by atoms with Gasteiger partial charge < -0.3 is 19.3 Å². The molecule has 2 fully saturated rings. The highest BCUT2D eigenvalue weighted by atomic mass is 35.5. The molecule has 2 unspecified atom stereocenters. The number of carbonyl (C=O) groups excluding carboxylic acids is 2. The summed E-state index contributed by atoms with van der Waals surface area (Å²) in [4.78, 5) is 28.9. The first-order valence-electron chi connectivity index (χ1n) is 9.53. The molecule has 1 aromatic rings. The summed E-state index contributed by atoms with van der Waals surface area (Å²) in [7, 11) is 0. The molecular weight excluding hydrogens is 368 g/mol. The molecule has 0 spiro atoms. The highest BCUT2D eigenvalue weighted by molar-refractivity contribution is 6.32. The van der Waals surface area contributed by atoms with Gasteiger partial charge in [-0.15, -0.1) is 0 Å². The Morgan fingerprint density at radius 2 is 1.74 bits per heavy atom. The Labute approximate surface area is 165 Å². The lowest BCUT2D eigenvalue weighted by Gasteiger charge is -2.39. The van der Waals surface area contributed by atoms with Crippen LogP contribution in [0.5, 0.6) is 5.75 Å². The Morgan fingerprint density at radius 1 is 1.11 bits per heavy atom. The summed E-state index contributed by atoms with van der Waals surface area (Å²) in [5.74, 6) is 0.607. The van der Waals surface area contributed by atoms with Crippen molar-refractivity contribution in [2.45, 2.75) is 38.9 Å². The fourth-order valence-corrected chi connectivity index (χ4v) is 3.97. The van der Waals surface area contributed by atoms with Crippen LogP contribution in [0.15, 0.2) is 24.3 Å². The number of ether oxygens (including phenoxy) is 2. The number of likely N-dealkylation sites (tertiary alicyclic amines) is 1. The van der Waals surface area contributed by atoms with Gasteiger partial charge in [-0.05, 0) is 38.8 Å². The van der Waals surface area contributed by atoms with E-state index in [2.05, 4.69) is 0 Å². The number of piperidine rings is 1. The number of morpholine rings is 1. The lowest BCUT2D eigenvalue weighted by Crippen LogP contribution is -2.52. The molecule has 148 valence electrons. The van der Waals surface area contributed by atoms with Gasteiger partial charge in [0.15, 0.2) is 6.61 Å². The van der Waals surface area contributed by atoms with Gasteiger partial charge in [0.05, 0.1) is 17.2 Å². The Morgan fingerprint density at radius 3 is 2.37 bits per heavy atom. The zero-order valence-electron chi connectivity index (χ0n) is 15.9. The molecule has 7 heteroatoms. The van der Waals surface area contributed by atoms with E-state index in [9.17, 15) is 9.59 Å². The monoisotopic (exact) mass is 394 g/mol. The summed E-state index contributed by atoms with van der Waals surface area (Å²) in [6, 6.07) is 7.10. The van der Waals surface area contributed by atoms with E-state index in [4.69, 9.17) is 21.1 Å². The fourth-order valence-electron chi connectivity index (χ4n) is 3.78. The molecule has 0 aliphatic carbocycles. The van der Waals surface area contributed by atoms with Gasteiger partial charge in [-0.3, -0.25) is 9.59 Å². The zero-order chi connectivity index (χ0) is 19.4. The molecular formula is C20H27ClN2O4. The van der Waals surface area contributed by atoms with Crippen LogP contribution < -0.4 is 4.74 Å². The number of carbonyl (C=O) groups is 2. The number of hydrogen-bond donors (Lipinski definition) is 0. The van der Waals surface area contributed by atoms with Crippen molar-refractivity contribution in [2.75, 3.05) is 32.8 Å². The van der Waals surface area contributed by atoms with Gasteiger partial charge in [0.1, 0.15) is 5.75 Å². The van der Waals surface area contributed by atoms with E-state index in [1.807, 2.05) is 30.9 Å². The smallest absolute Gasteiger partial charge is 0.260 e. The van der Waals surface area contributed by atoms with Gasteiger partial charge in [-0.1, -0.05) is 23.7 Å². The van der Waals surface area contributed by atoms with Gasteiger partial charge in [-0.2, -0.15) is 0 Å². The van der Waals surface area contributed by atoms with Crippen LogP contribution in [0.1, 0.15) is 26.7 Å². The molecule has 0 bridgehead atoms. The van der Waals surface area contributed by atoms with E-state index in [1.165, 1.54) is 0 Å². The van der Waals surface area contributed by atoms with Gasteiger partial charge >= 0.3 is 0 Å². The van der Waals surface area contributed by atoms with Crippen LogP contribution in [0.3, 0.4) is 0 Å². The molecule has 1 aromatic carbocycles. The SMILES string of the molecule is CC1CN(C(=O)C2CCN(C(=O)COc3ccccc3Cl)CC2)CC(C)O1. The Bertz CT molecular complexity index is 666. The average molecular weight is 395 g/mol. The molecule has 2 amide bonds. The minimum absolute atomic E-state index is 0.0176. The summed E-state index contributed by atoms with van der Waals surface area (Å²) in [5.41, 5.74) is 0. The van der Waals surface area contributed by atoms with E-state index in [0.29, 0.717) is 49.8 Å². The van der Waals surface area contributed by atoms with Crippen LogP contribution in [0.4, 0.5) is 0 Å². The highest BCUT2D eigenvalue weighted by Crippen LogP contribution is 2.24. The second-order valence-electron chi connectivity index (χ2n) is 7.37. The van der Waals surface area contributed by atoms with Crippen molar-refractivity contribution in [2.24, 2.45) is 5.92 Å². The maximum atomic E-state index is 12.8. The largest absolute Gasteiger partial charge is 0.482 e. The third-order valence-corrected chi connectivity index (χ3v) is 5.43. The first-order valence-corrected chi connectivity index (χ1v) is 9.91. The van der Waals surface area contributed by atoms with E-state index in [1.54, 1.807) is 17.0 Å². The number of nitrogens with zero attached hydrogens (tertiary/aromatic N) is 2. The molecule has 3 rings (SSSR count). The summed E-state index contributed by atoms with van der Waals surface area (Å²) >= 11 is 6.04. The summed E-state index contributed by atoms with van der Waals surface area (Å²) in [6.07, 6.45) is 1.52. The van der Waals surface area contributed by atoms with E-state index in [0.717, 1.165) is 0 Å². The van der Waals surface area contributed by atoms with Crippen LogP contribution in [0.2, 0.25) is 5.02 Å². The molecule has 0 N–H and O–H groups in total. The average Bonchev–Trinajstić information content (AvgIpc) is 2.66. The number of rotatable bonds is 4. The van der Waals surface area contributed by atoms with Crippen molar-refractivity contribution < 1.29 is 19.1 Å². The molecule has 0 aromatic heterocycles. The van der Waals surface area contributed by atoms with Crippen molar-refractivity contribution in [3.8, 4) is 5.75 Å². The number of amides is 2. The number of halogens is 1. The Kier molecular flexibility index (Phi) is 6.60. The van der Waals surface area contributed by atoms with Crippen LogP contribution >= 0.6 is 11.6 Å². The number of hydrogen-bond acceptors (Lipinski definition) is 4. The number of para-hydroxylation sites is 1. The predicted molar refractivity (Wildman–Crippen MR) is 103 cm³/mol. The van der Waals surface area contributed by atoms with Crippen LogP contribution in [-0.2, 0) is 14.3 Å². The van der Waals surface area contributed by atoms with Crippen LogP contribution in [0.25, 0.3) is 0 Å². The number of benzene rings is 1. The molecule has 6 nitrogen and oxygen atoms in total. The molecule has 2 aliphatic heterocycles. The normalized spacial score (nSPS) is 24.0. The zero-order valence-corrected chi connectivity index (χ0v) is 16.7. The lowest BCUT2D eigenvalue weighted by molar-refractivity contribution is -0.150. The van der Waals surface area contributed by atoms with E-state index in [-0.39, 0.29) is 36.5 Å². The van der Waals surface area contributed by atoms with Gasteiger partial charge in [0.2, 0.25) is 5.91 Å². The van der Waals surface area contributed by atoms with Gasteiger partial charge in [-0.25, -0.2) is 0 Å². The summed E-state index contributed by atoms with van der Waals surface area (Å²) in [5, 5.41) is 0.489. The quantitative estimate of drug-likeness (QED) is 0.787. The van der Waals surface area contributed by atoms with Crippen molar-refractivity contribution >= 4 is 23.4 Å². The molecule has 27 heavy (non-hydrogen) atoms. The Hall–Kier alpha value is -1.79. The second kappa shape index (κ2) is 8.93. The summed E-state index contributed by atoms with van der Waals surface area (Å²) in [6.45, 7) is 6.41. The van der Waals surface area contributed by atoms with Crippen LogP contribution in [0, 0.1) is 5.92 Å². The van der Waals surface area contributed by atoms with E-state index < -0.39 is 0 Å². The van der Waals surface area contributed by atoms with Crippen molar-refractivity contribution in [3.05, 3.63) is 29.3 Å². The van der Waals surface area contributed by atoms with Gasteiger partial charge in [0.25, 0.3) is 5.91 Å². The third kappa shape index (κ3) is 5.14. The molecule has 2 aliphatic rings. The third-order valence-electron chi connectivity index (χ3n) is 5.12. The first kappa shape index (κ1) is 20.0. The van der Waals surface area contributed by atoms with Crippen molar-refractivity contribution in [3.63, 3.8) is 0 Å². The predicted octanol–water partition coefficient (Wildman–Crippen LogP) is 2.59. The highest BCUT2D eigenvalue weighted by Gasteiger charge is 2.33. The van der Waals surface area contributed by atoms with Crippen LogP contribution in [-0.4, -0.2) is 66.6 Å². The molecule has 2 heterocycles. The molecule has 2 saturated heterocycles. The maximum Gasteiger partial charge on any atom is 0.260 e. The van der Waals surface area contributed by atoms with Gasteiger partial charge in [0, 0.05) is 32.1 Å². The molecule has 0 radical (unpaired) electrons. The lowest BCUT2D eigenvalue weighted by atomic mass is 9.94. The molecule has 0 saturated carbocycles. The van der Waals surface area contributed by atoms with Crippen molar-refractivity contribution in [1.82, 2.24) is 9.80 Å². The summed E-state index contributed by atoms with van der Waals surface area (Å²) < 4.78 is 11.2. The second-order valence-corrected chi connectivity index (χ2v) is 7.78. The minimum Gasteiger partial charge on any atom is -0.482 e. The topological polar surface area (TPSA) is 59.1 Å². The fraction of sp³-hybridized carbons (Fsp3) is 0.600. The standard InChI is InChI=1S/C20H27ClN2O4/c1-14-11-23(12-15(2)27-14)20(25)16-7-9-22(10-8-16)19(24)13-26-18-6-4-3-5-17(18)21/h3-6,14-16H,7-13H2,1-2H3. The molecule has 2 atom stereocenters. The van der Waals surface area contributed by atoms with Crippen molar-refractivity contribution in [1.29, 1.82) is 0 Å². The first-order chi connectivity index (χ1) is 12.9. The minimum atomic E-state index is -0.0746. The Balaban J connectivity index is 1.46.